The van der Waals surface area contributed by atoms with Crippen LogP contribution in [-0.4, -0.2) is 25.8 Å². The Morgan fingerprint density at radius 2 is 0.562 bits per heavy atom. The van der Waals surface area contributed by atoms with Crippen LogP contribution in [0.25, 0.3) is 0 Å². The van der Waals surface area contributed by atoms with E-state index in [0.717, 1.165) is 5.92 Å². The molecule has 64 heavy (non-hydrogen) atoms. The van der Waals surface area contributed by atoms with Gasteiger partial charge >= 0.3 is 0 Å². The number of hydrogen-bond donors (Lipinski definition) is 1. The lowest BCUT2D eigenvalue weighted by atomic mass is 9.12. The maximum absolute atomic E-state index is 15.4. The molecule has 0 spiro atoms. The molecule has 0 saturated heterocycles. The zero-order valence-electron chi connectivity index (χ0n) is 33.8. The molecule has 4 aromatic rings. The molecule has 0 amide bonds. The summed E-state index contributed by atoms with van der Waals surface area (Å²) in [5.41, 5.74) is -14.3. The van der Waals surface area contributed by atoms with Gasteiger partial charge in [-0.05, 0) is 31.6 Å². The van der Waals surface area contributed by atoms with E-state index in [-0.39, 0.29) is 0 Å². The summed E-state index contributed by atoms with van der Waals surface area (Å²) < 4.78 is 294. The first-order valence-corrected chi connectivity index (χ1v) is 20.1. The molecule has 0 bridgehead atoms. The Bertz CT molecular complexity index is 1940. The molecule has 5 rings (SSSR count). The van der Waals surface area contributed by atoms with E-state index in [1.54, 1.807) is 0 Å². The van der Waals surface area contributed by atoms with Crippen LogP contribution in [0.15, 0.2) is 0 Å². The first-order chi connectivity index (χ1) is 30.1. The van der Waals surface area contributed by atoms with E-state index in [1.165, 1.54) is 96.7 Å². The molecule has 0 heterocycles. The van der Waals surface area contributed by atoms with E-state index < -0.39 is 144 Å². The number of hydrogen-bond acceptors (Lipinski definition) is 0. The molecule has 0 unspecified atom stereocenters. The molecule has 0 aromatic heterocycles. The molecule has 354 valence electrons. The van der Waals surface area contributed by atoms with Crippen molar-refractivity contribution in [2.24, 2.45) is 5.92 Å². The Labute approximate surface area is 353 Å². The molecule has 1 nitrogen and oxygen atoms in total. The Hall–Kier alpha value is -4.50. The summed E-state index contributed by atoms with van der Waals surface area (Å²) in [4.78, 5) is 1.88. The van der Waals surface area contributed by atoms with Crippen LogP contribution in [0, 0.1) is 122 Å². The van der Waals surface area contributed by atoms with Crippen LogP contribution in [0.5, 0.6) is 0 Å². The third-order valence-electron chi connectivity index (χ3n) is 11.6. The summed E-state index contributed by atoms with van der Waals surface area (Å²) in [6.45, 7) is 8.91. The van der Waals surface area contributed by atoms with E-state index in [4.69, 9.17) is 0 Å². The summed E-state index contributed by atoms with van der Waals surface area (Å²) in [6, 6.07) is 0. The summed E-state index contributed by atoms with van der Waals surface area (Å²) in [7, 11) is 0. The van der Waals surface area contributed by atoms with Crippen molar-refractivity contribution in [3.05, 3.63) is 116 Å². The number of halogens is 20. The summed E-state index contributed by atoms with van der Waals surface area (Å²) >= 11 is 0. The molecule has 22 heteroatoms. The Kier molecular flexibility index (Phi) is 17.6. The average molecular weight is 948 g/mol. The molecule has 1 saturated carbocycles. The highest BCUT2D eigenvalue weighted by atomic mass is 19.2. The van der Waals surface area contributed by atoms with Gasteiger partial charge in [-0.2, -0.15) is 0 Å². The molecule has 0 aliphatic heterocycles. The normalized spacial score (nSPS) is 13.5. The second-order valence-electron chi connectivity index (χ2n) is 15.5. The van der Waals surface area contributed by atoms with Gasteiger partial charge in [-0.25, -0.2) is 87.8 Å². The highest BCUT2D eigenvalue weighted by Gasteiger charge is 2.52. The second-order valence-corrected chi connectivity index (χ2v) is 15.5. The molecular weight excluding hydrogens is 909 g/mol. The molecule has 1 fully saturated rings. The molecule has 1 aliphatic carbocycles. The second kappa shape index (κ2) is 21.7. The van der Waals surface area contributed by atoms with Crippen molar-refractivity contribution in [2.45, 2.75) is 90.9 Å². The maximum atomic E-state index is 15.4. The Morgan fingerprint density at radius 1 is 0.328 bits per heavy atom. The van der Waals surface area contributed by atoms with Crippen LogP contribution in [0.4, 0.5) is 87.8 Å². The predicted molar refractivity (Wildman–Crippen MR) is 195 cm³/mol. The molecule has 1 N–H and O–H groups in total. The lowest BCUT2D eigenvalue weighted by Gasteiger charge is -2.44. The van der Waals surface area contributed by atoms with Gasteiger partial charge in [-0.3, -0.25) is 0 Å². The minimum absolute atomic E-state index is 1.09. The molecule has 0 radical (unpaired) electrons. The fourth-order valence-corrected chi connectivity index (χ4v) is 8.39. The number of quaternary nitrogens is 1. The Balaban J connectivity index is 0.000000395. The van der Waals surface area contributed by atoms with Crippen LogP contribution in [0.3, 0.4) is 0 Å². The summed E-state index contributed by atoms with van der Waals surface area (Å²) in [5.74, 6) is -70.3. The van der Waals surface area contributed by atoms with Crippen molar-refractivity contribution in [2.75, 3.05) is 19.6 Å². The van der Waals surface area contributed by atoms with Gasteiger partial charge in [0.05, 0.1) is 19.6 Å². The zero-order valence-corrected chi connectivity index (χ0v) is 33.8. The fourth-order valence-electron chi connectivity index (χ4n) is 8.39. The van der Waals surface area contributed by atoms with E-state index in [1.807, 2.05) is 4.90 Å². The van der Waals surface area contributed by atoms with Crippen molar-refractivity contribution in [1.29, 1.82) is 0 Å². The topological polar surface area (TPSA) is 4.44 Å². The fraction of sp³-hybridized carbons (Fsp3) is 0.429. The average Bonchev–Trinajstić information content (AvgIpc) is 3.28. The predicted octanol–water partition coefficient (Wildman–Crippen LogP) is 10.1. The van der Waals surface area contributed by atoms with Gasteiger partial charge in [-0.1, -0.05) is 65.2 Å². The Morgan fingerprint density at radius 3 is 0.812 bits per heavy atom. The SMILES string of the molecule is CCCC[NH+](CCCC)CCCCC1CCCCC1.Fc1c(F)c(F)c([B-](c2c(F)c(F)c(F)c(F)c2F)(c2c(F)c(F)c(F)c(F)c2F)c2c(F)c(F)c(F)c(F)c2F)c(F)c1F. The third kappa shape index (κ3) is 9.57. The van der Waals surface area contributed by atoms with Gasteiger partial charge in [0.25, 0.3) is 0 Å². The minimum Gasteiger partial charge on any atom is -0.335 e. The van der Waals surface area contributed by atoms with Crippen LogP contribution in [0.2, 0.25) is 0 Å². The molecule has 0 atom stereocenters. The molecule has 1 aliphatic rings. The standard InChI is InChI=1S/C24BF20.C18H37N/c26-5-1(6(27)14(35)21(42)13(5)34)25(2-7(28)15(36)22(43)16(37)8(2)29,3-9(30)17(38)23(44)18(39)10(3)31)4-11(32)19(40)24(45)20(41)12(4)33;1-3-5-15-19(16-6-4-2)17-11-10-14-18-12-8-7-9-13-18/h;18H,3-17H2,1-2H3/q-1;/p+1. The maximum Gasteiger partial charge on any atom is 0.200 e. The van der Waals surface area contributed by atoms with E-state index >= 15 is 35.1 Å². The highest BCUT2D eigenvalue weighted by Crippen LogP contribution is 2.31. The summed E-state index contributed by atoms with van der Waals surface area (Å²) in [5, 5.41) is 0. The molecule has 4 aromatic carbocycles. The first kappa shape index (κ1) is 52.1. The van der Waals surface area contributed by atoms with Crippen LogP contribution in [0.1, 0.15) is 90.9 Å². The number of rotatable bonds is 15. The summed E-state index contributed by atoms with van der Waals surface area (Å²) in [6.07, 6.45) is 10.4. The van der Waals surface area contributed by atoms with Gasteiger partial charge in [0, 0.05) is 0 Å². The number of unbranched alkanes of at least 4 members (excludes halogenated alkanes) is 3. The number of nitrogens with one attached hydrogen (secondary N) is 1. The monoisotopic (exact) mass is 947 g/mol. The van der Waals surface area contributed by atoms with Gasteiger partial charge in [0.15, 0.2) is 69.8 Å². The lowest BCUT2D eigenvalue weighted by molar-refractivity contribution is -0.900. The first-order valence-electron chi connectivity index (χ1n) is 20.1. The van der Waals surface area contributed by atoms with Crippen molar-refractivity contribution in [1.82, 2.24) is 0 Å². The van der Waals surface area contributed by atoms with Crippen molar-refractivity contribution < 1.29 is 92.7 Å². The third-order valence-corrected chi connectivity index (χ3v) is 11.6. The van der Waals surface area contributed by atoms with Gasteiger partial charge in [0.1, 0.15) is 52.7 Å². The zero-order chi connectivity index (χ0) is 48.1. The largest absolute Gasteiger partial charge is 0.335 e. The van der Waals surface area contributed by atoms with Crippen LogP contribution < -0.4 is 26.8 Å². The van der Waals surface area contributed by atoms with Gasteiger partial charge in [-0.15, -0.1) is 21.9 Å². The van der Waals surface area contributed by atoms with E-state index in [9.17, 15) is 52.7 Å². The van der Waals surface area contributed by atoms with Crippen molar-refractivity contribution >= 4 is 28.0 Å². The smallest absolute Gasteiger partial charge is 0.200 e. The van der Waals surface area contributed by atoms with Gasteiger partial charge < -0.3 is 4.90 Å². The lowest BCUT2D eigenvalue weighted by Crippen LogP contribution is -3.12. The number of benzene rings is 4. The minimum atomic E-state index is -7.22. The van der Waals surface area contributed by atoms with E-state index in [2.05, 4.69) is 13.8 Å². The molecular formula is C42H38BF20N. The van der Waals surface area contributed by atoms with Crippen molar-refractivity contribution in [3.63, 3.8) is 0 Å². The van der Waals surface area contributed by atoms with Crippen LogP contribution in [-0.2, 0) is 0 Å². The van der Waals surface area contributed by atoms with E-state index in [0.29, 0.717) is 0 Å². The quantitative estimate of drug-likeness (QED) is 0.0398. The highest BCUT2D eigenvalue weighted by molar-refractivity contribution is 7.20. The van der Waals surface area contributed by atoms with Crippen molar-refractivity contribution in [3.8, 4) is 0 Å². The van der Waals surface area contributed by atoms with Gasteiger partial charge in [0.2, 0.25) is 0 Å². The van der Waals surface area contributed by atoms with Crippen LogP contribution >= 0.6 is 0 Å².